The molecule has 1 aliphatic heterocycles. The van der Waals surface area contributed by atoms with E-state index in [1.807, 2.05) is 66.4 Å². The number of piperidine rings is 1. The van der Waals surface area contributed by atoms with Crippen LogP contribution in [0.3, 0.4) is 0 Å². The van der Waals surface area contributed by atoms with Crippen LogP contribution in [0, 0.1) is 12.7 Å². The highest BCUT2D eigenvalue weighted by atomic mass is 19.1. The Bertz CT molecular complexity index is 1240. The van der Waals surface area contributed by atoms with E-state index in [0.717, 1.165) is 46.4 Å². The molecule has 0 N–H and O–H groups in total. The normalized spacial score (nSPS) is 14.8. The SMILES string of the molecule is Cc1cccc(C(=O)N2CCC(n3c(-c4ccccc4)nc4ccc(F)cc43)CC2)c1. The van der Waals surface area contributed by atoms with Crippen molar-refractivity contribution in [3.63, 3.8) is 0 Å². The van der Waals surface area contributed by atoms with E-state index in [-0.39, 0.29) is 17.8 Å². The van der Waals surface area contributed by atoms with Gasteiger partial charge in [-0.05, 0) is 50.1 Å². The first-order valence-electron chi connectivity index (χ1n) is 10.7. The first kappa shape index (κ1) is 19.5. The molecule has 0 unspecified atom stereocenters. The van der Waals surface area contributed by atoms with Crippen LogP contribution in [0.5, 0.6) is 0 Å². The van der Waals surface area contributed by atoms with Crippen molar-refractivity contribution in [2.45, 2.75) is 25.8 Å². The number of halogens is 1. The standard InChI is InChI=1S/C26H24FN3O/c1-18-6-5-9-20(16-18)26(31)29-14-12-22(13-15-29)30-24-17-21(27)10-11-23(24)28-25(30)19-7-3-2-4-8-19/h2-11,16-17,22H,12-15H2,1H3. The average molecular weight is 413 g/mol. The Morgan fingerprint density at radius 1 is 0.968 bits per heavy atom. The van der Waals surface area contributed by atoms with Crippen molar-refractivity contribution in [2.24, 2.45) is 0 Å². The van der Waals surface area contributed by atoms with Crippen LogP contribution >= 0.6 is 0 Å². The van der Waals surface area contributed by atoms with Gasteiger partial charge in [-0.2, -0.15) is 0 Å². The van der Waals surface area contributed by atoms with Gasteiger partial charge in [0, 0.05) is 30.3 Å². The molecule has 5 heteroatoms. The maximum Gasteiger partial charge on any atom is 0.253 e. The minimum Gasteiger partial charge on any atom is -0.338 e. The molecule has 0 saturated carbocycles. The van der Waals surface area contributed by atoms with E-state index in [0.29, 0.717) is 13.1 Å². The number of imidazole rings is 1. The topological polar surface area (TPSA) is 38.1 Å². The molecule has 0 bridgehead atoms. The molecule has 1 aromatic heterocycles. The summed E-state index contributed by atoms with van der Waals surface area (Å²) in [6.45, 7) is 3.33. The molecule has 1 saturated heterocycles. The number of aromatic nitrogens is 2. The number of amides is 1. The van der Waals surface area contributed by atoms with Crippen molar-refractivity contribution in [1.82, 2.24) is 14.5 Å². The van der Waals surface area contributed by atoms with Crippen molar-refractivity contribution in [1.29, 1.82) is 0 Å². The molecule has 0 spiro atoms. The number of rotatable bonds is 3. The monoisotopic (exact) mass is 413 g/mol. The Balaban J connectivity index is 1.45. The maximum atomic E-state index is 14.1. The van der Waals surface area contributed by atoms with Crippen LogP contribution in [0.4, 0.5) is 4.39 Å². The number of hydrogen-bond acceptors (Lipinski definition) is 2. The summed E-state index contributed by atoms with van der Waals surface area (Å²) in [5, 5.41) is 0. The molecule has 4 nitrogen and oxygen atoms in total. The molecule has 0 atom stereocenters. The number of likely N-dealkylation sites (tertiary alicyclic amines) is 1. The predicted octanol–water partition coefficient (Wildman–Crippen LogP) is 5.63. The predicted molar refractivity (Wildman–Crippen MR) is 120 cm³/mol. The Labute approximate surface area is 181 Å². The van der Waals surface area contributed by atoms with Crippen LogP contribution in [-0.2, 0) is 0 Å². The summed E-state index contributed by atoms with van der Waals surface area (Å²) >= 11 is 0. The lowest BCUT2D eigenvalue weighted by Crippen LogP contribution is -2.39. The summed E-state index contributed by atoms with van der Waals surface area (Å²) in [7, 11) is 0. The zero-order valence-electron chi connectivity index (χ0n) is 17.5. The third-order valence-electron chi connectivity index (χ3n) is 6.07. The number of hydrogen-bond donors (Lipinski definition) is 0. The molecule has 5 rings (SSSR count). The van der Waals surface area contributed by atoms with E-state index >= 15 is 0 Å². The Morgan fingerprint density at radius 3 is 2.48 bits per heavy atom. The van der Waals surface area contributed by atoms with E-state index in [2.05, 4.69) is 4.57 Å². The van der Waals surface area contributed by atoms with Gasteiger partial charge in [0.1, 0.15) is 11.6 Å². The van der Waals surface area contributed by atoms with Crippen molar-refractivity contribution in [3.05, 3.63) is 89.7 Å². The first-order valence-corrected chi connectivity index (χ1v) is 10.7. The second-order valence-corrected chi connectivity index (χ2v) is 8.20. The Morgan fingerprint density at radius 2 is 1.74 bits per heavy atom. The molecule has 31 heavy (non-hydrogen) atoms. The highest BCUT2D eigenvalue weighted by Gasteiger charge is 2.28. The number of carbonyl (C=O) groups is 1. The molecule has 0 radical (unpaired) electrons. The van der Waals surface area contributed by atoms with Gasteiger partial charge in [0.2, 0.25) is 0 Å². The highest BCUT2D eigenvalue weighted by Crippen LogP contribution is 2.34. The zero-order chi connectivity index (χ0) is 21.4. The second kappa shape index (κ2) is 7.99. The molecule has 4 aromatic rings. The lowest BCUT2D eigenvalue weighted by molar-refractivity contribution is 0.0696. The van der Waals surface area contributed by atoms with Gasteiger partial charge in [-0.1, -0.05) is 48.0 Å². The van der Waals surface area contributed by atoms with Crippen LogP contribution in [-0.4, -0.2) is 33.4 Å². The van der Waals surface area contributed by atoms with Crippen molar-refractivity contribution in [2.75, 3.05) is 13.1 Å². The van der Waals surface area contributed by atoms with Crippen LogP contribution in [0.2, 0.25) is 0 Å². The number of benzene rings is 3. The maximum absolute atomic E-state index is 14.1. The third-order valence-corrected chi connectivity index (χ3v) is 6.07. The van der Waals surface area contributed by atoms with Gasteiger partial charge in [-0.3, -0.25) is 4.79 Å². The summed E-state index contributed by atoms with van der Waals surface area (Å²) in [6, 6.07) is 22.7. The van der Waals surface area contributed by atoms with E-state index in [1.165, 1.54) is 6.07 Å². The highest BCUT2D eigenvalue weighted by molar-refractivity contribution is 5.94. The molecule has 1 fully saturated rings. The summed E-state index contributed by atoms with van der Waals surface area (Å²) in [5.41, 5.74) is 4.43. The molecule has 2 heterocycles. The van der Waals surface area contributed by atoms with Crippen LogP contribution in [0.15, 0.2) is 72.8 Å². The van der Waals surface area contributed by atoms with Crippen molar-refractivity contribution >= 4 is 16.9 Å². The van der Waals surface area contributed by atoms with E-state index in [9.17, 15) is 9.18 Å². The van der Waals surface area contributed by atoms with E-state index < -0.39 is 0 Å². The summed E-state index contributed by atoms with van der Waals surface area (Å²) in [5.74, 6) is 0.664. The minimum atomic E-state index is -0.264. The fourth-order valence-electron chi connectivity index (χ4n) is 4.51. The lowest BCUT2D eigenvalue weighted by atomic mass is 10.0. The fourth-order valence-corrected chi connectivity index (χ4v) is 4.51. The van der Waals surface area contributed by atoms with Crippen molar-refractivity contribution < 1.29 is 9.18 Å². The molecule has 3 aromatic carbocycles. The van der Waals surface area contributed by atoms with Gasteiger partial charge in [-0.25, -0.2) is 9.37 Å². The number of fused-ring (bicyclic) bond motifs is 1. The number of aryl methyl sites for hydroxylation is 1. The largest absolute Gasteiger partial charge is 0.338 e. The van der Waals surface area contributed by atoms with Gasteiger partial charge >= 0.3 is 0 Å². The Hall–Kier alpha value is -3.47. The zero-order valence-corrected chi connectivity index (χ0v) is 17.5. The minimum absolute atomic E-state index is 0.0759. The van der Waals surface area contributed by atoms with Gasteiger partial charge in [0.05, 0.1) is 11.0 Å². The van der Waals surface area contributed by atoms with Crippen LogP contribution < -0.4 is 0 Å². The quantitative estimate of drug-likeness (QED) is 0.437. The third kappa shape index (κ3) is 3.72. The molecule has 1 aliphatic rings. The molecular weight excluding hydrogens is 389 g/mol. The molecule has 1 amide bonds. The Kier molecular flexibility index (Phi) is 5.02. The lowest BCUT2D eigenvalue weighted by Gasteiger charge is -2.33. The van der Waals surface area contributed by atoms with Crippen molar-refractivity contribution in [3.8, 4) is 11.4 Å². The summed E-state index contributed by atoms with van der Waals surface area (Å²) < 4.78 is 16.3. The molecular formula is C26H24FN3O. The smallest absolute Gasteiger partial charge is 0.253 e. The van der Waals surface area contributed by atoms with Gasteiger partial charge in [0.15, 0.2) is 0 Å². The van der Waals surface area contributed by atoms with Crippen LogP contribution in [0.1, 0.15) is 34.8 Å². The fraction of sp³-hybridized carbons (Fsp3) is 0.231. The van der Waals surface area contributed by atoms with Gasteiger partial charge in [0.25, 0.3) is 5.91 Å². The second-order valence-electron chi connectivity index (χ2n) is 8.20. The van der Waals surface area contributed by atoms with Gasteiger partial charge in [-0.15, -0.1) is 0 Å². The van der Waals surface area contributed by atoms with Crippen LogP contribution in [0.25, 0.3) is 22.4 Å². The number of carbonyl (C=O) groups excluding carboxylic acids is 1. The molecule has 156 valence electrons. The number of nitrogens with zero attached hydrogens (tertiary/aromatic N) is 3. The van der Waals surface area contributed by atoms with Gasteiger partial charge < -0.3 is 9.47 Å². The average Bonchev–Trinajstić information content (AvgIpc) is 3.18. The van der Waals surface area contributed by atoms with E-state index in [4.69, 9.17) is 4.98 Å². The first-order chi connectivity index (χ1) is 15.1. The summed E-state index contributed by atoms with van der Waals surface area (Å²) in [6.07, 6.45) is 1.61. The van der Waals surface area contributed by atoms with E-state index in [1.54, 1.807) is 12.1 Å². The summed E-state index contributed by atoms with van der Waals surface area (Å²) in [4.78, 5) is 19.7. The molecule has 0 aliphatic carbocycles.